The highest BCUT2D eigenvalue weighted by Gasteiger charge is 2.13. The Balaban J connectivity index is 1.69. The number of amides is 1. The van der Waals surface area contributed by atoms with Gasteiger partial charge in [0.25, 0.3) is 5.91 Å². The highest BCUT2D eigenvalue weighted by molar-refractivity contribution is 7.22. The SMILES string of the molecule is O=C(Nc1nc2ccccc2s1)c1csc2ccccc12. The molecule has 21 heavy (non-hydrogen) atoms. The van der Waals surface area contributed by atoms with Crippen LogP contribution in [-0.2, 0) is 0 Å². The number of rotatable bonds is 2. The van der Waals surface area contributed by atoms with Gasteiger partial charge in [0.15, 0.2) is 5.13 Å². The van der Waals surface area contributed by atoms with Gasteiger partial charge in [-0.2, -0.15) is 0 Å². The van der Waals surface area contributed by atoms with Gasteiger partial charge in [0.2, 0.25) is 0 Å². The lowest BCUT2D eigenvalue weighted by atomic mass is 10.2. The van der Waals surface area contributed by atoms with Crippen LogP contribution in [0.2, 0.25) is 0 Å². The predicted octanol–water partition coefficient (Wildman–Crippen LogP) is 4.76. The molecule has 1 N–H and O–H groups in total. The number of fused-ring (bicyclic) bond motifs is 2. The van der Waals surface area contributed by atoms with Gasteiger partial charge in [0.05, 0.1) is 15.8 Å². The predicted molar refractivity (Wildman–Crippen MR) is 89.4 cm³/mol. The van der Waals surface area contributed by atoms with Crippen LogP contribution in [0.3, 0.4) is 0 Å². The molecule has 4 aromatic rings. The zero-order valence-corrected chi connectivity index (χ0v) is 12.5. The van der Waals surface area contributed by atoms with Gasteiger partial charge >= 0.3 is 0 Å². The lowest BCUT2D eigenvalue weighted by molar-refractivity contribution is 0.102. The van der Waals surface area contributed by atoms with Crippen molar-refractivity contribution in [3.05, 3.63) is 59.5 Å². The summed E-state index contributed by atoms with van der Waals surface area (Å²) in [6, 6.07) is 15.8. The second-order valence-corrected chi connectivity index (χ2v) is 6.53. The number of hydrogen-bond acceptors (Lipinski definition) is 4. The van der Waals surface area contributed by atoms with Crippen LogP contribution >= 0.6 is 22.7 Å². The first-order valence-corrected chi connectivity index (χ1v) is 8.14. The number of thiophene rings is 1. The van der Waals surface area contributed by atoms with Crippen LogP contribution in [0.15, 0.2) is 53.9 Å². The first-order valence-electron chi connectivity index (χ1n) is 6.44. The Labute approximate surface area is 128 Å². The van der Waals surface area contributed by atoms with Crippen LogP contribution in [-0.4, -0.2) is 10.9 Å². The molecule has 0 radical (unpaired) electrons. The Kier molecular flexibility index (Phi) is 2.94. The first-order chi connectivity index (χ1) is 10.3. The maximum Gasteiger partial charge on any atom is 0.258 e. The molecule has 0 saturated carbocycles. The number of nitrogens with one attached hydrogen (secondary N) is 1. The third-order valence-corrected chi connectivity index (χ3v) is 5.16. The zero-order chi connectivity index (χ0) is 14.2. The van der Waals surface area contributed by atoms with Crippen molar-refractivity contribution >= 4 is 54.0 Å². The lowest BCUT2D eigenvalue weighted by Crippen LogP contribution is -2.10. The number of carbonyl (C=O) groups is 1. The van der Waals surface area contributed by atoms with Crippen LogP contribution in [0.5, 0.6) is 0 Å². The number of thiazole rings is 1. The van der Waals surface area contributed by atoms with Crippen LogP contribution < -0.4 is 5.32 Å². The van der Waals surface area contributed by atoms with E-state index in [0.717, 1.165) is 20.3 Å². The van der Waals surface area contributed by atoms with E-state index in [0.29, 0.717) is 10.7 Å². The van der Waals surface area contributed by atoms with Gasteiger partial charge in [-0.25, -0.2) is 4.98 Å². The van der Waals surface area contributed by atoms with Crippen molar-refractivity contribution in [1.29, 1.82) is 0 Å². The van der Waals surface area contributed by atoms with E-state index in [1.807, 2.05) is 53.9 Å². The fraction of sp³-hybridized carbons (Fsp3) is 0. The number of para-hydroxylation sites is 1. The number of carbonyl (C=O) groups excluding carboxylic acids is 1. The third kappa shape index (κ3) is 2.20. The van der Waals surface area contributed by atoms with Crippen LogP contribution in [0.4, 0.5) is 5.13 Å². The van der Waals surface area contributed by atoms with Gasteiger partial charge in [-0.05, 0) is 18.2 Å². The molecule has 0 bridgehead atoms. The largest absolute Gasteiger partial charge is 0.298 e. The quantitative estimate of drug-likeness (QED) is 0.580. The molecule has 0 aliphatic rings. The second kappa shape index (κ2) is 4.95. The summed E-state index contributed by atoms with van der Waals surface area (Å²) in [7, 11) is 0. The van der Waals surface area contributed by atoms with Gasteiger partial charge in [-0.3, -0.25) is 10.1 Å². The molecule has 3 nitrogen and oxygen atoms in total. The van der Waals surface area contributed by atoms with Crippen LogP contribution in [0, 0.1) is 0 Å². The molecule has 0 fully saturated rings. The van der Waals surface area contributed by atoms with Crippen molar-refractivity contribution in [2.75, 3.05) is 5.32 Å². The third-order valence-electron chi connectivity index (χ3n) is 3.24. The molecule has 2 heterocycles. The van der Waals surface area contributed by atoms with Crippen molar-refractivity contribution < 1.29 is 4.79 Å². The van der Waals surface area contributed by atoms with Crippen molar-refractivity contribution in [3.63, 3.8) is 0 Å². The molecule has 0 unspecified atom stereocenters. The molecule has 0 aliphatic heterocycles. The highest BCUT2D eigenvalue weighted by Crippen LogP contribution is 2.29. The second-order valence-electron chi connectivity index (χ2n) is 4.59. The minimum Gasteiger partial charge on any atom is -0.298 e. The summed E-state index contributed by atoms with van der Waals surface area (Å²) in [5.41, 5.74) is 1.61. The molecule has 4 rings (SSSR count). The molecule has 0 spiro atoms. The minimum absolute atomic E-state index is 0.105. The molecule has 1 amide bonds. The van der Waals surface area contributed by atoms with E-state index in [-0.39, 0.29) is 5.91 Å². The fourth-order valence-electron chi connectivity index (χ4n) is 2.24. The maximum atomic E-state index is 12.4. The molecule has 5 heteroatoms. The van der Waals surface area contributed by atoms with E-state index in [1.165, 1.54) is 11.3 Å². The Morgan fingerprint density at radius 1 is 1.00 bits per heavy atom. The van der Waals surface area contributed by atoms with Gasteiger partial charge in [-0.1, -0.05) is 41.7 Å². The summed E-state index contributed by atoms with van der Waals surface area (Å²) in [6.45, 7) is 0. The van der Waals surface area contributed by atoms with E-state index in [4.69, 9.17) is 0 Å². The Morgan fingerprint density at radius 3 is 2.62 bits per heavy atom. The van der Waals surface area contributed by atoms with E-state index in [9.17, 15) is 4.79 Å². The Hall–Kier alpha value is -2.24. The van der Waals surface area contributed by atoms with Crippen LogP contribution in [0.25, 0.3) is 20.3 Å². The summed E-state index contributed by atoms with van der Waals surface area (Å²) < 4.78 is 2.19. The number of hydrogen-bond donors (Lipinski definition) is 1. The molecule has 2 aromatic heterocycles. The van der Waals surface area contributed by atoms with Gasteiger partial charge in [0, 0.05) is 15.5 Å². The minimum atomic E-state index is -0.105. The summed E-state index contributed by atoms with van der Waals surface area (Å²) in [5.74, 6) is -0.105. The molecular formula is C16H10N2OS2. The Morgan fingerprint density at radius 2 is 1.76 bits per heavy atom. The first kappa shape index (κ1) is 12.5. The van der Waals surface area contributed by atoms with E-state index >= 15 is 0 Å². The van der Waals surface area contributed by atoms with E-state index in [1.54, 1.807) is 11.3 Å². The Bertz CT molecular complexity index is 922. The normalized spacial score (nSPS) is 11.0. The number of nitrogens with zero attached hydrogens (tertiary/aromatic N) is 1. The zero-order valence-electron chi connectivity index (χ0n) is 10.9. The molecule has 0 saturated heterocycles. The molecule has 0 atom stereocenters. The number of aromatic nitrogens is 1. The smallest absolute Gasteiger partial charge is 0.258 e. The lowest BCUT2D eigenvalue weighted by Gasteiger charge is -1.99. The maximum absolute atomic E-state index is 12.4. The molecule has 102 valence electrons. The molecular weight excluding hydrogens is 300 g/mol. The highest BCUT2D eigenvalue weighted by atomic mass is 32.1. The van der Waals surface area contributed by atoms with Crippen molar-refractivity contribution in [1.82, 2.24) is 4.98 Å². The van der Waals surface area contributed by atoms with Gasteiger partial charge in [0.1, 0.15) is 0 Å². The summed E-state index contributed by atoms with van der Waals surface area (Å²) in [5, 5.41) is 6.42. The summed E-state index contributed by atoms with van der Waals surface area (Å²) in [6.07, 6.45) is 0. The monoisotopic (exact) mass is 310 g/mol. The summed E-state index contributed by atoms with van der Waals surface area (Å²) >= 11 is 3.07. The standard InChI is InChI=1S/C16H10N2OS2/c19-15(11-9-20-13-7-3-1-5-10(11)13)18-16-17-12-6-2-4-8-14(12)21-16/h1-9H,(H,17,18,19). The van der Waals surface area contributed by atoms with E-state index in [2.05, 4.69) is 10.3 Å². The topological polar surface area (TPSA) is 42.0 Å². The average Bonchev–Trinajstić information content (AvgIpc) is 3.10. The fourth-order valence-corrected chi connectivity index (χ4v) is 4.05. The number of anilines is 1. The van der Waals surface area contributed by atoms with Gasteiger partial charge in [-0.15, -0.1) is 11.3 Å². The van der Waals surface area contributed by atoms with E-state index < -0.39 is 0 Å². The average molecular weight is 310 g/mol. The van der Waals surface area contributed by atoms with Crippen molar-refractivity contribution in [2.24, 2.45) is 0 Å². The number of benzene rings is 2. The van der Waals surface area contributed by atoms with Crippen molar-refractivity contribution in [3.8, 4) is 0 Å². The van der Waals surface area contributed by atoms with Crippen molar-refractivity contribution in [2.45, 2.75) is 0 Å². The molecule has 0 aliphatic carbocycles. The van der Waals surface area contributed by atoms with Gasteiger partial charge < -0.3 is 0 Å². The van der Waals surface area contributed by atoms with Crippen LogP contribution in [0.1, 0.15) is 10.4 Å². The molecule has 2 aromatic carbocycles. The summed E-state index contributed by atoms with van der Waals surface area (Å²) in [4.78, 5) is 16.9.